The molecular formula is C14H23N3. The normalized spacial score (nSPS) is 36.6. The Morgan fingerprint density at radius 3 is 2.12 bits per heavy atom. The van der Waals surface area contributed by atoms with Gasteiger partial charge in [0.15, 0.2) is 0 Å². The molecule has 2 atom stereocenters. The second-order valence-corrected chi connectivity index (χ2v) is 5.89. The molecular weight excluding hydrogens is 210 g/mol. The lowest BCUT2D eigenvalue weighted by Crippen LogP contribution is -2.53. The lowest BCUT2D eigenvalue weighted by atomic mass is 9.84. The predicted molar refractivity (Wildman–Crippen MR) is 67.5 cm³/mol. The monoisotopic (exact) mass is 233 g/mol. The Morgan fingerprint density at radius 2 is 1.47 bits per heavy atom. The number of hydrogen-bond acceptors (Lipinski definition) is 3. The molecule has 1 heterocycles. The molecule has 0 aromatic heterocycles. The highest BCUT2D eigenvalue weighted by Gasteiger charge is 2.35. The van der Waals surface area contributed by atoms with Crippen molar-refractivity contribution in [3.63, 3.8) is 0 Å². The molecule has 2 saturated carbocycles. The Labute approximate surface area is 104 Å². The fourth-order valence-corrected chi connectivity index (χ4v) is 3.57. The highest BCUT2D eigenvalue weighted by atomic mass is 15.3. The summed E-state index contributed by atoms with van der Waals surface area (Å²) in [6, 6.07) is 4.02. The molecule has 0 spiro atoms. The fraction of sp³-hybridized carbons (Fsp3) is 0.929. The maximum atomic E-state index is 9.26. The van der Waals surface area contributed by atoms with Gasteiger partial charge in [0.05, 0.1) is 12.0 Å². The van der Waals surface area contributed by atoms with E-state index in [4.69, 9.17) is 0 Å². The van der Waals surface area contributed by atoms with E-state index in [1.807, 2.05) is 0 Å². The van der Waals surface area contributed by atoms with Crippen LogP contribution in [0.3, 0.4) is 0 Å². The molecule has 0 radical (unpaired) electrons. The van der Waals surface area contributed by atoms with Crippen molar-refractivity contribution in [1.82, 2.24) is 9.80 Å². The van der Waals surface area contributed by atoms with Crippen LogP contribution < -0.4 is 0 Å². The molecule has 17 heavy (non-hydrogen) atoms. The summed E-state index contributed by atoms with van der Waals surface area (Å²) in [6.07, 6.45) is 7.81. The second-order valence-electron chi connectivity index (χ2n) is 5.89. The van der Waals surface area contributed by atoms with Crippen LogP contribution in [-0.2, 0) is 0 Å². The average Bonchev–Trinajstić information content (AvgIpc) is 3.23. The van der Waals surface area contributed by atoms with Crippen LogP contribution in [0.15, 0.2) is 0 Å². The quantitative estimate of drug-likeness (QED) is 0.729. The van der Waals surface area contributed by atoms with E-state index in [1.54, 1.807) is 0 Å². The number of rotatable bonds is 2. The van der Waals surface area contributed by atoms with Gasteiger partial charge in [0.1, 0.15) is 0 Å². The van der Waals surface area contributed by atoms with Crippen molar-refractivity contribution in [3.8, 4) is 6.07 Å². The molecule has 0 N–H and O–H groups in total. The zero-order valence-corrected chi connectivity index (χ0v) is 10.6. The van der Waals surface area contributed by atoms with Crippen LogP contribution in [0.25, 0.3) is 0 Å². The van der Waals surface area contributed by atoms with E-state index < -0.39 is 0 Å². The molecule has 3 heteroatoms. The Bertz CT molecular complexity index is 297. The number of piperazine rings is 1. The van der Waals surface area contributed by atoms with Crippen molar-refractivity contribution in [1.29, 1.82) is 5.26 Å². The van der Waals surface area contributed by atoms with Gasteiger partial charge in [0.25, 0.3) is 0 Å². The summed E-state index contributed by atoms with van der Waals surface area (Å²) in [6.45, 7) is 4.86. The third kappa shape index (κ3) is 2.48. The minimum atomic E-state index is 0.302. The summed E-state index contributed by atoms with van der Waals surface area (Å²) < 4.78 is 0. The first-order valence-corrected chi connectivity index (χ1v) is 7.26. The molecule has 3 nitrogen and oxygen atoms in total. The van der Waals surface area contributed by atoms with E-state index >= 15 is 0 Å². The van der Waals surface area contributed by atoms with Crippen LogP contribution in [0.4, 0.5) is 0 Å². The van der Waals surface area contributed by atoms with Crippen LogP contribution in [-0.4, -0.2) is 48.1 Å². The van der Waals surface area contributed by atoms with E-state index in [0.29, 0.717) is 12.0 Å². The van der Waals surface area contributed by atoms with Gasteiger partial charge in [-0.15, -0.1) is 0 Å². The number of nitriles is 1. The van der Waals surface area contributed by atoms with Crippen molar-refractivity contribution in [2.75, 3.05) is 26.2 Å². The first-order valence-electron chi connectivity index (χ1n) is 7.26. The second kappa shape index (κ2) is 4.96. The molecule has 3 fully saturated rings. The molecule has 3 aliphatic rings. The largest absolute Gasteiger partial charge is 0.298 e. The predicted octanol–water partition coefficient (Wildman–Crippen LogP) is 1.85. The summed E-state index contributed by atoms with van der Waals surface area (Å²) in [5.74, 6) is 0.302. The van der Waals surface area contributed by atoms with Crippen molar-refractivity contribution in [3.05, 3.63) is 0 Å². The van der Waals surface area contributed by atoms with Crippen molar-refractivity contribution < 1.29 is 0 Å². The third-order valence-corrected chi connectivity index (χ3v) is 4.78. The van der Waals surface area contributed by atoms with Gasteiger partial charge in [-0.2, -0.15) is 5.26 Å². The van der Waals surface area contributed by atoms with Crippen molar-refractivity contribution in [2.24, 2.45) is 5.92 Å². The van der Waals surface area contributed by atoms with Gasteiger partial charge >= 0.3 is 0 Å². The van der Waals surface area contributed by atoms with Crippen molar-refractivity contribution >= 4 is 0 Å². The lowest BCUT2D eigenvalue weighted by molar-refractivity contribution is 0.0600. The van der Waals surface area contributed by atoms with E-state index in [2.05, 4.69) is 15.9 Å². The van der Waals surface area contributed by atoms with E-state index in [1.165, 1.54) is 58.3 Å². The Balaban J connectivity index is 1.55. The molecule has 0 amide bonds. The zero-order chi connectivity index (χ0) is 11.7. The minimum Gasteiger partial charge on any atom is -0.298 e. The molecule has 3 rings (SSSR count). The summed E-state index contributed by atoms with van der Waals surface area (Å²) in [4.78, 5) is 5.26. The van der Waals surface area contributed by atoms with Gasteiger partial charge in [-0.25, -0.2) is 0 Å². The molecule has 2 unspecified atom stereocenters. The van der Waals surface area contributed by atoms with Crippen LogP contribution >= 0.6 is 0 Å². The Kier molecular flexibility index (Phi) is 3.35. The average molecular weight is 233 g/mol. The van der Waals surface area contributed by atoms with Gasteiger partial charge in [-0.1, -0.05) is 12.8 Å². The van der Waals surface area contributed by atoms with E-state index in [9.17, 15) is 5.26 Å². The van der Waals surface area contributed by atoms with Crippen LogP contribution in [0, 0.1) is 17.2 Å². The van der Waals surface area contributed by atoms with E-state index in [-0.39, 0.29) is 0 Å². The molecule has 1 saturated heterocycles. The molecule has 2 aliphatic carbocycles. The summed E-state index contributed by atoms with van der Waals surface area (Å²) in [5, 5.41) is 9.26. The zero-order valence-electron chi connectivity index (χ0n) is 10.6. The molecule has 0 aromatic rings. The molecule has 94 valence electrons. The first kappa shape index (κ1) is 11.5. The molecule has 0 aromatic carbocycles. The maximum Gasteiger partial charge on any atom is 0.0672 e. The smallest absolute Gasteiger partial charge is 0.0672 e. The SMILES string of the molecule is N#CC1CCCCC1N1CCN(C2CC2)CC1. The fourth-order valence-electron chi connectivity index (χ4n) is 3.57. The van der Waals surface area contributed by atoms with Crippen LogP contribution in [0.1, 0.15) is 38.5 Å². The van der Waals surface area contributed by atoms with Gasteiger partial charge in [0.2, 0.25) is 0 Å². The summed E-state index contributed by atoms with van der Waals surface area (Å²) >= 11 is 0. The van der Waals surface area contributed by atoms with Gasteiger partial charge in [-0.05, 0) is 25.7 Å². The molecule has 0 bridgehead atoms. The summed E-state index contributed by atoms with van der Waals surface area (Å²) in [5.41, 5.74) is 0. The number of hydrogen-bond donors (Lipinski definition) is 0. The van der Waals surface area contributed by atoms with Gasteiger partial charge in [-0.3, -0.25) is 9.80 Å². The molecule has 1 aliphatic heterocycles. The number of nitrogens with zero attached hydrogens (tertiary/aromatic N) is 3. The Morgan fingerprint density at radius 1 is 0.824 bits per heavy atom. The standard InChI is InChI=1S/C14H23N3/c15-11-12-3-1-2-4-14(12)17-9-7-16(8-10-17)13-5-6-13/h12-14H,1-10H2. The third-order valence-electron chi connectivity index (χ3n) is 4.78. The highest BCUT2D eigenvalue weighted by Crippen LogP contribution is 2.31. The lowest BCUT2D eigenvalue weighted by Gasteiger charge is -2.42. The topological polar surface area (TPSA) is 30.3 Å². The Hall–Kier alpha value is -0.590. The van der Waals surface area contributed by atoms with E-state index in [0.717, 1.165) is 12.5 Å². The maximum absolute atomic E-state index is 9.26. The minimum absolute atomic E-state index is 0.302. The van der Waals surface area contributed by atoms with Crippen molar-refractivity contribution in [2.45, 2.75) is 50.6 Å². The highest BCUT2D eigenvalue weighted by molar-refractivity contribution is 4.97. The van der Waals surface area contributed by atoms with Crippen LogP contribution in [0.5, 0.6) is 0 Å². The summed E-state index contributed by atoms with van der Waals surface area (Å²) in [7, 11) is 0. The first-order chi connectivity index (χ1) is 8.38. The van der Waals surface area contributed by atoms with Crippen LogP contribution in [0.2, 0.25) is 0 Å². The van der Waals surface area contributed by atoms with Gasteiger partial charge in [0, 0.05) is 38.3 Å². The van der Waals surface area contributed by atoms with Gasteiger partial charge < -0.3 is 0 Å².